The molecule has 1 amide bonds. The van der Waals surface area contributed by atoms with Crippen LogP contribution in [-0.2, 0) is 16.1 Å². The number of rotatable bonds is 9. The lowest BCUT2D eigenvalue weighted by Gasteiger charge is -2.15. The van der Waals surface area contributed by atoms with E-state index in [0.717, 1.165) is 53.3 Å². The van der Waals surface area contributed by atoms with E-state index in [4.69, 9.17) is 13.9 Å². The average molecular weight is 493 g/mol. The number of fused-ring (bicyclic) bond motifs is 1. The zero-order chi connectivity index (χ0) is 24.2. The normalized spacial score (nSPS) is 16.5. The lowest BCUT2D eigenvalue weighted by Crippen LogP contribution is -2.28. The van der Waals surface area contributed by atoms with Gasteiger partial charge in [-0.15, -0.1) is 10.2 Å². The largest absolute Gasteiger partial charge is 0.497 e. The van der Waals surface area contributed by atoms with Gasteiger partial charge in [-0.05, 0) is 56.2 Å². The standard InChI is InChI=1S/C26H28N4O4S/c1-17(23-14-19-6-3-4-8-22(19)34-23)27-24(31)16-35-26-29-28-25(18-9-11-20(32-2)12-10-18)30(26)15-21-7-5-13-33-21/h3-4,6,8-12,14,17,21H,5,7,13,15-16H2,1-2H3,(H,27,31). The van der Waals surface area contributed by atoms with Crippen molar-refractivity contribution in [1.82, 2.24) is 20.1 Å². The van der Waals surface area contributed by atoms with E-state index in [0.29, 0.717) is 11.7 Å². The minimum absolute atomic E-state index is 0.0966. The van der Waals surface area contributed by atoms with E-state index in [9.17, 15) is 4.79 Å². The minimum atomic E-state index is -0.241. The summed E-state index contributed by atoms with van der Waals surface area (Å²) in [5.74, 6) is 2.38. The smallest absolute Gasteiger partial charge is 0.231 e. The number of carbonyl (C=O) groups is 1. The Balaban J connectivity index is 1.28. The van der Waals surface area contributed by atoms with Gasteiger partial charge in [-0.1, -0.05) is 30.0 Å². The Morgan fingerprint density at radius 1 is 1.23 bits per heavy atom. The van der Waals surface area contributed by atoms with Crippen molar-refractivity contribution in [2.45, 2.75) is 43.6 Å². The van der Waals surface area contributed by atoms with E-state index in [1.165, 1.54) is 11.8 Å². The van der Waals surface area contributed by atoms with Crippen LogP contribution < -0.4 is 10.1 Å². The summed E-state index contributed by atoms with van der Waals surface area (Å²) in [7, 11) is 1.64. The summed E-state index contributed by atoms with van der Waals surface area (Å²) in [5.41, 5.74) is 1.75. The van der Waals surface area contributed by atoms with Gasteiger partial charge in [0, 0.05) is 17.6 Å². The van der Waals surface area contributed by atoms with Crippen LogP contribution in [0.1, 0.15) is 31.6 Å². The number of nitrogens with one attached hydrogen (secondary N) is 1. The molecule has 1 aliphatic rings. The Bertz CT molecular complexity index is 1260. The van der Waals surface area contributed by atoms with Gasteiger partial charge in [-0.25, -0.2) is 0 Å². The quantitative estimate of drug-likeness (QED) is 0.334. The molecular formula is C26H28N4O4S. The number of methoxy groups -OCH3 is 1. The third kappa shape index (κ3) is 5.36. The molecule has 0 spiro atoms. The number of carbonyl (C=O) groups excluding carboxylic acids is 1. The molecule has 0 bridgehead atoms. The van der Waals surface area contributed by atoms with Crippen LogP contribution in [0.25, 0.3) is 22.4 Å². The van der Waals surface area contributed by atoms with Crippen LogP contribution in [0.4, 0.5) is 0 Å². The summed E-state index contributed by atoms with van der Waals surface area (Å²) in [6.07, 6.45) is 2.17. The highest BCUT2D eigenvalue weighted by atomic mass is 32.2. The number of nitrogens with zero attached hydrogens (tertiary/aromatic N) is 3. The predicted molar refractivity (Wildman–Crippen MR) is 134 cm³/mol. The van der Waals surface area contributed by atoms with Crippen LogP contribution in [0.15, 0.2) is 64.2 Å². The van der Waals surface area contributed by atoms with Gasteiger partial charge in [0.05, 0.1) is 31.6 Å². The van der Waals surface area contributed by atoms with E-state index in [1.54, 1.807) is 7.11 Å². The molecule has 3 heterocycles. The van der Waals surface area contributed by atoms with Crippen LogP contribution in [-0.4, -0.2) is 46.2 Å². The molecule has 8 nitrogen and oxygen atoms in total. The van der Waals surface area contributed by atoms with Gasteiger partial charge in [0.25, 0.3) is 0 Å². The van der Waals surface area contributed by atoms with Crippen LogP contribution in [0, 0.1) is 0 Å². The van der Waals surface area contributed by atoms with Gasteiger partial charge in [0.15, 0.2) is 11.0 Å². The molecule has 2 aromatic heterocycles. The molecule has 1 saturated heterocycles. The maximum Gasteiger partial charge on any atom is 0.231 e. The maximum atomic E-state index is 12.7. The highest BCUT2D eigenvalue weighted by Crippen LogP contribution is 2.28. The van der Waals surface area contributed by atoms with Crippen LogP contribution >= 0.6 is 11.8 Å². The first kappa shape index (κ1) is 23.4. The Labute approximate surface area is 208 Å². The van der Waals surface area contributed by atoms with Crippen LogP contribution in [0.3, 0.4) is 0 Å². The van der Waals surface area contributed by atoms with Gasteiger partial charge in [-0.2, -0.15) is 0 Å². The SMILES string of the molecule is COc1ccc(-c2nnc(SCC(=O)NC(C)c3cc4ccccc4o3)n2CC2CCCO2)cc1. The number of amides is 1. The number of benzene rings is 2. The fourth-order valence-electron chi connectivity index (χ4n) is 4.21. The average Bonchev–Trinajstić information content (AvgIpc) is 3.63. The molecule has 0 saturated carbocycles. The number of ether oxygens (including phenoxy) is 2. The molecule has 2 unspecified atom stereocenters. The van der Waals surface area contributed by atoms with Crippen molar-refractivity contribution in [2.75, 3.05) is 19.5 Å². The van der Waals surface area contributed by atoms with Crippen LogP contribution in [0.5, 0.6) is 5.75 Å². The van der Waals surface area contributed by atoms with Crippen molar-refractivity contribution >= 4 is 28.6 Å². The second kappa shape index (κ2) is 10.5. The Morgan fingerprint density at radius 2 is 2.06 bits per heavy atom. The van der Waals surface area contributed by atoms with Crippen molar-refractivity contribution in [3.8, 4) is 17.1 Å². The maximum absolute atomic E-state index is 12.7. The summed E-state index contributed by atoms with van der Waals surface area (Å²) in [5, 5.41) is 13.6. The third-order valence-corrected chi connectivity index (χ3v) is 7.02. The lowest BCUT2D eigenvalue weighted by molar-refractivity contribution is -0.119. The fraction of sp³-hybridized carbons (Fsp3) is 0.346. The summed E-state index contributed by atoms with van der Waals surface area (Å²) < 4.78 is 19.1. The predicted octanol–water partition coefficient (Wildman–Crippen LogP) is 4.85. The molecular weight excluding hydrogens is 464 g/mol. The number of thioether (sulfide) groups is 1. The van der Waals surface area contributed by atoms with Crippen molar-refractivity contribution < 1.29 is 18.7 Å². The molecule has 0 radical (unpaired) electrons. The third-order valence-electron chi connectivity index (χ3n) is 6.06. The van der Waals surface area contributed by atoms with Crippen LogP contribution in [0.2, 0.25) is 0 Å². The number of furan rings is 1. The summed E-state index contributed by atoms with van der Waals surface area (Å²) >= 11 is 1.37. The van der Waals surface area contributed by atoms with E-state index < -0.39 is 0 Å². The fourth-order valence-corrected chi connectivity index (χ4v) is 4.96. The lowest BCUT2D eigenvalue weighted by atomic mass is 10.2. The Kier molecular flexibility index (Phi) is 7.06. The van der Waals surface area contributed by atoms with Gasteiger partial charge in [0.1, 0.15) is 17.1 Å². The minimum Gasteiger partial charge on any atom is -0.497 e. The summed E-state index contributed by atoms with van der Waals surface area (Å²) in [6.45, 7) is 3.34. The molecule has 9 heteroatoms. The Morgan fingerprint density at radius 3 is 2.80 bits per heavy atom. The van der Waals surface area contributed by atoms with E-state index in [1.807, 2.05) is 61.5 Å². The molecule has 1 fully saturated rings. The molecule has 35 heavy (non-hydrogen) atoms. The molecule has 5 rings (SSSR count). The molecule has 1 N–H and O–H groups in total. The highest BCUT2D eigenvalue weighted by Gasteiger charge is 2.23. The van der Waals surface area contributed by atoms with Crippen molar-refractivity contribution in [2.24, 2.45) is 0 Å². The number of aromatic nitrogens is 3. The summed E-state index contributed by atoms with van der Waals surface area (Å²) in [6, 6.07) is 17.3. The molecule has 2 atom stereocenters. The van der Waals surface area contributed by atoms with Gasteiger partial charge in [0.2, 0.25) is 5.91 Å². The molecule has 4 aromatic rings. The zero-order valence-electron chi connectivity index (χ0n) is 19.8. The van der Waals surface area contributed by atoms with Gasteiger partial charge in [-0.3, -0.25) is 9.36 Å². The second-order valence-electron chi connectivity index (χ2n) is 8.54. The Hall–Kier alpha value is -3.30. The monoisotopic (exact) mass is 492 g/mol. The first-order valence-corrected chi connectivity index (χ1v) is 12.7. The number of para-hydroxylation sites is 1. The molecule has 1 aliphatic heterocycles. The van der Waals surface area contributed by atoms with Gasteiger partial charge >= 0.3 is 0 Å². The van der Waals surface area contributed by atoms with E-state index in [-0.39, 0.29) is 23.8 Å². The van der Waals surface area contributed by atoms with E-state index in [2.05, 4.69) is 20.1 Å². The zero-order valence-corrected chi connectivity index (χ0v) is 20.6. The summed E-state index contributed by atoms with van der Waals surface area (Å²) in [4.78, 5) is 12.7. The molecule has 182 valence electrons. The molecule has 2 aromatic carbocycles. The van der Waals surface area contributed by atoms with Crippen molar-refractivity contribution in [3.05, 3.63) is 60.4 Å². The molecule has 0 aliphatic carbocycles. The number of hydrogen-bond acceptors (Lipinski definition) is 7. The van der Waals surface area contributed by atoms with E-state index >= 15 is 0 Å². The van der Waals surface area contributed by atoms with Crippen molar-refractivity contribution in [1.29, 1.82) is 0 Å². The van der Waals surface area contributed by atoms with Crippen molar-refractivity contribution in [3.63, 3.8) is 0 Å². The first-order valence-electron chi connectivity index (χ1n) is 11.7. The highest BCUT2D eigenvalue weighted by molar-refractivity contribution is 7.99. The first-order chi connectivity index (χ1) is 17.1. The van der Waals surface area contributed by atoms with Gasteiger partial charge < -0.3 is 19.2 Å². The second-order valence-corrected chi connectivity index (χ2v) is 9.49. The topological polar surface area (TPSA) is 91.4 Å². The number of hydrogen-bond donors (Lipinski definition) is 1.